The molecule has 0 saturated heterocycles. The summed E-state index contributed by atoms with van der Waals surface area (Å²) in [4.78, 5) is 0. The van der Waals surface area contributed by atoms with Crippen molar-refractivity contribution in [2.24, 2.45) is 5.41 Å². The van der Waals surface area contributed by atoms with Crippen molar-refractivity contribution in [3.05, 3.63) is 0 Å². The molecule has 0 aliphatic carbocycles. The van der Waals surface area contributed by atoms with Crippen molar-refractivity contribution in [3.63, 3.8) is 0 Å². The third kappa shape index (κ3) is 6.16. The summed E-state index contributed by atoms with van der Waals surface area (Å²) < 4.78 is 5.47. The molecule has 0 aliphatic heterocycles. The molecule has 0 fully saturated rings. The van der Waals surface area contributed by atoms with Gasteiger partial charge in [0.25, 0.3) is 0 Å². The Balaban J connectivity index is 4.17. The van der Waals surface area contributed by atoms with Crippen molar-refractivity contribution in [1.82, 2.24) is 5.32 Å². The van der Waals surface area contributed by atoms with E-state index in [1.54, 1.807) is 7.11 Å². The van der Waals surface area contributed by atoms with Gasteiger partial charge in [-0.1, -0.05) is 20.3 Å². The van der Waals surface area contributed by atoms with E-state index in [1.165, 1.54) is 19.3 Å². The van der Waals surface area contributed by atoms with Crippen molar-refractivity contribution in [2.75, 3.05) is 20.7 Å². The number of hydrogen-bond donors (Lipinski definition) is 1. The van der Waals surface area contributed by atoms with Gasteiger partial charge in [-0.05, 0) is 45.6 Å². The highest BCUT2D eigenvalue weighted by molar-refractivity contribution is 4.80. The maximum atomic E-state index is 5.47. The molecule has 0 spiro atoms. The topological polar surface area (TPSA) is 21.3 Å². The standard InChI is InChI=1S/C13H29NO/c1-7-8-13(4,11-14-5)10-9-12(2,3)15-6/h14H,7-11H2,1-6H3. The highest BCUT2D eigenvalue weighted by Crippen LogP contribution is 2.31. The van der Waals surface area contributed by atoms with Crippen LogP contribution in [0.4, 0.5) is 0 Å². The van der Waals surface area contributed by atoms with Crippen LogP contribution in [-0.4, -0.2) is 26.3 Å². The van der Waals surface area contributed by atoms with Crippen LogP contribution in [0.25, 0.3) is 0 Å². The fourth-order valence-corrected chi connectivity index (χ4v) is 2.04. The van der Waals surface area contributed by atoms with Crippen molar-refractivity contribution in [1.29, 1.82) is 0 Å². The first-order valence-corrected chi connectivity index (χ1v) is 6.09. The molecule has 0 heterocycles. The first kappa shape index (κ1) is 14.9. The van der Waals surface area contributed by atoms with Crippen LogP contribution in [0, 0.1) is 5.41 Å². The summed E-state index contributed by atoms with van der Waals surface area (Å²) in [6.07, 6.45) is 4.89. The van der Waals surface area contributed by atoms with E-state index in [-0.39, 0.29) is 5.60 Å². The molecule has 92 valence electrons. The lowest BCUT2D eigenvalue weighted by Crippen LogP contribution is -2.33. The summed E-state index contributed by atoms with van der Waals surface area (Å²) in [6, 6.07) is 0. The quantitative estimate of drug-likeness (QED) is 0.671. The van der Waals surface area contributed by atoms with Crippen molar-refractivity contribution >= 4 is 0 Å². The molecule has 0 aromatic rings. The van der Waals surface area contributed by atoms with Crippen LogP contribution in [-0.2, 0) is 4.74 Å². The molecule has 2 heteroatoms. The minimum absolute atomic E-state index is 0.0166. The molecule has 0 saturated carbocycles. The molecule has 0 aromatic heterocycles. The molecule has 1 atom stereocenters. The van der Waals surface area contributed by atoms with Gasteiger partial charge in [0, 0.05) is 13.7 Å². The zero-order valence-electron chi connectivity index (χ0n) is 11.4. The highest BCUT2D eigenvalue weighted by atomic mass is 16.5. The van der Waals surface area contributed by atoms with Gasteiger partial charge in [-0.25, -0.2) is 0 Å². The minimum Gasteiger partial charge on any atom is -0.379 e. The molecular formula is C13H29NO. The smallest absolute Gasteiger partial charge is 0.0623 e. The summed E-state index contributed by atoms with van der Waals surface area (Å²) in [5, 5.41) is 3.31. The van der Waals surface area contributed by atoms with Crippen LogP contribution in [0.3, 0.4) is 0 Å². The van der Waals surface area contributed by atoms with Crippen LogP contribution < -0.4 is 5.32 Å². The highest BCUT2D eigenvalue weighted by Gasteiger charge is 2.26. The second kappa shape index (κ2) is 6.49. The predicted octanol–water partition coefficient (Wildman–Crippen LogP) is 3.22. The number of methoxy groups -OCH3 is 1. The minimum atomic E-state index is 0.0166. The molecular weight excluding hydrogens is 186 g/mol. The number of nitrogens with one attached hydrogen (secondary N) is 1. The lowest BCUT2D eigenvalue weighted by atomic mass is 9.78. The molecule has 0 bridgehead atoms. The van der Waals surface area contributed by atoms with Crippen LogP contribution in [0.1, 0.15) is 53.4 Å². The largest absolute Gasteiger partial charge is 0.379 e. The summed E-state index contributed by atoms with van der Waals surface area (Å²) in [5.41, 5.74) is 0.433. The average Bonchev–Trinajstić information content (AvgIpc) is 2.16. The number of rotatable bonds is 8. The zero-order chi connectivity index (χ0) is 11.9. The molecule has 1 N–H and O–H groups in total. The van der Waals surface area contributed by atoms with Gasteiger partial charge in [0.1, 0.15) is 0 Å². The summed E-state index contributed by atoms with van der Waals surface area (Å²) in [5.74, 6) is 0. The summed E-state index contributed by atoms with van der Waals surface area (Å²) in [6.45, 7) is 10.1. The first-order chi connectivity index (χ1) is 6.89. The second-order valence-electron chi connectivity index (χ2n) is 5.55. The summed E-state index contributed by atoms with van der Waals surface area (Å²) in [7, 11) is 3.84. The Morgan fingerprint density at radius 3 is 2.07 bits per heavy atom. The lowest BCUT2D eigenvalue weighted by Gasteiger charge is -2.33. The second-order valence-corrected chi connectivity index (χ2v) is 5.55. The van der Waals surface area contributed by atoms with Crippen LogP contribution in [0.5, 0.6) is 0 Å². The molecule has 0 rings (SSSR count). The Kier molecular flexibility index (Phi) is 6.46. The van der Waals surface area contributed by atoms with Gasteiger partial charge in [-0.3, -0.25) is 0 Å². The number of ether oxygens (including phenoxy) is 1. The first-order valence-electron chi connectivity index (χ1n) is 6.09. The molecule has 0 aliphatic rings. The van der Waals surface area contributed by atoms with E-state index in [0.29, 0.717) is 5.41 Å². The fraction of sp³-hybridized carbons (Fsp3) is 1.00. The monoisotopic (exact) mass is 215 g/mol. The van der Waals surface area contributed by atoms with Gasteiger partial charge in [0.2, 0.25) is 0 Å². The Labute approximate surface area is 95.8 Å². The molecule has 0 aromatic carbocycles. The van der Waals surface area contributed by atoms with Crippen LogP contribution in [0.15, 0.2) is 0 Å². The van der Waals surface area contributed by atoms with E-state index < -0.39 is 0 Å². The van der Waals surface area contributed by atoms with Gasteiger partial charge in [-0.15, -0.1) is 0 Å². The fourth-order valence-electron chi connectivity index (χ4n) is 2.04. The van der Waals surface area contributed by atoms with Crippen molar-refractivity contribution in [2.45, 2.75) is 59.0 Å². The van der Waals surface area contributed by atoms with E-state index in [9.17, 15) is 0 Å². The number of hydrogen-bond acceptors (Lipinski definition) is 2. The van der Waals surface area contributed by atoms with Crippen molar-refractivity contribution < 1.29 is 4.74 Å². The Hall–Kier alpha value is -0.0800. The predicted molar refractivity (Wildman–Crippen MR) is 67.3 cm³/mol. The van der Waals surface area contributed by atoms with Crippen molar-refractivity contribution in [3.8, 4) is 0 Å². The van der Waals surface area contributed by atoms with E-state index in [2.05, 4.69) is 33.0 Å². The van der Waals surface area contributed by atoms with E-state index in [1.807, 2.05) is 7.05 Å². The molecule has 0 amide bonds. The van der Waals surface area contributed by atoms with Gasteiger partial charge in [0.15, 0.2) is 0 Å². The summed E-state index contributed by atoms with van der Waals surface area (Å²) >= 11 is 0. The van der Waals surface area contributed by atoms with Gasteiger partial charge in [0.05, 0.1) is 5.60 Å². The molecule has 1 unspecified atom stereocenters. The Bertz CT molecular complexity index is 160. The van der Waals surface area contributed by atoms with Gasteiger partial charge in [-0.2, -0.15) is 0 Å². The zero-order valence-corrected chi connectivity index (χ0v) is 11.4. The van der Waals surface area contributed by atoms with E-state index in [0.717, 1.165) is 13.0 Å². The SMILES string of the molecule is CCCC(C)(CCC(C)(C)OC)CNC. The van der Waals surface area contributed by atoms with Crippen LogP contribution >= 0.6 is 0 Å². The Morgan fingerprint density at radius 1 is 1.07 bits per heavy atom. The maximum Gasteiger partial charge on any atom is 0.0623 e. The third-order valence-electron chi connectivity index (χ3n) is 3.34. The third-order valence-corrected chi connectivity index (χ3v) is 3.34. The van der Waals surface area contributed by atoms with Crippen LogP contribution in [0.2, 0.25) is 0 Å². The molecule has 0 radical (unpaired) electrons. The maximum absolute atomic E-state index is 5.47. The van der Waals surface area contributed by atoms with E-state index in [4.69, 9.17) is 4.74 Å². The Morgan fingerprint density at radius 2 is 1.67 bits per heavy atom. The molecule has 2 nitrogen and oxygen atoms in total. The van der Waals surface area contributed by atoms with E-state index >= 15 is 0 Å². The average molecular weight is 215 g/mol. The van der Waals surface area contributed by atoms with Gasteiger partial charge < -0.3 is 10.1 Å². The molecule has 15 heavy (non-hydrogen) atoms. The normalized spacial score (nSPS) is 16.4. The lowest BCUT2D eigenvalue weighted by molar-refractivity contribution is 0.00402. The van der Waals surface area contributed by atoms with Gasteiger partial charge >= 0.3 is 0 Å².